The number of nitrogens with zero attached hydrogens (tertiary/aromatic N) is 2. The van der Waals surface area contributed by atoms with E-state index in [4.69, 9.17) is 9.26 Å². The highest BCUT2D eigenvalue weighted by molar-refractivity contribution is 5.09. The third-order valence-corrected chi connectivity index (χ3v) is 2.91. The van der Waals surface area contributed by atoms with Crippen LogP contribution in [-0.2, 0) is 24.3 Å². The van der Waals surface area contributed by atoms with E-state index < -0.39 is 0 Å². The quantitative estimate of drug-likeness (QED) is 0.712. The third kappa shape index (κ3) is 5.11. The Balaban J connectivity index is 1.60. The van der Waals surface area contributed by atoms with Crippen LogP contribution in [0.3, 0.4) is 0 Å². The maximum absolute atomic E-state index is 5.59. The van der Waals surface area contributed by atoms with Crippen LogP contribution < -0.4 is 5.32 Å². The van der Waals surface area contributed by atoms with Gasteiger partial charge < -0.3 is 14.6 Å². The fourth-order valence-corrected chi connectivity index (χ4v) is 1.86. The number of rotatable bonds is 9. The molecule has 108 valence electrons. The number of hydrogen-bond acceptors (Lipinski definition) is 5. The Morgan fingerprint density at radius 2 is 2.15 bits per heavy atom. The molecular weight excluding hydrogens is 254 g/mol. The molecule has 0 spiro atoms. The Kier molecular flexibility index (Phi) is 6.20. The van der Waals surface area contributed by atoms with Crippen LogP contribution in [0.25, 0.3) is 0 Å². The molecule has 0 saturated carbocycles. The number of pyridine rings is 1. The molecule has 1 N–H and O–H groups in total. The largest absolute Gasteiger partial charge is 0.373 e. The fourth-order valence-electron chi connectivity index (χ4n) is 1.86. The normalized spacial score (nSPS) is 10.8. The summed E-state index contributed by atoms with van der Waals surface area (Å²) in [7, 11) is 0. The zero-order valence-electron chi connectivity index (χ0n) is 11.8. The van der Waals surface area contributed by atoms with Crippen LogP contribution in [0.2, 0.25) is 0 Å². The predicted octanol–water partition coefficient (Wildman–Crippen LogP) is 2.33. The van der Waals surface area contributed by atoms with E-state index in [-0.39, 0.29) is 0 Å². The van der Waals surface area contributed by atoms with E-state index in [1.54, 1.807) is 0 Å². The molecule has 0 atom stereocenters. The molecule has 0 aliphatic carbocycles. The number of nitrogens with one attached hydrogen (secondary N) is 1. The van der Waals surface area contributed by atoms with Gasteiger partial charge in [-0.25, -0.2) is 0 Å². The van der Waals surface area contributed by atoms with Crippen molar-refractivity contribution in [2.24, 2.45) is 0 Å². The fraction of sp³-hybridized carbons (Fsp3) is 0.467. The zero-order valence-corrected chi connectivity index (χ0v) is 11.8. The van der Waals surface area contributed by atoms with Gasteiger partial charge in [-0.1, -0.05) is 12.1 Å². The maximum Gasteiger partial charge on any atom is 0.162 e. The summed E-state index contributed by atoms with van der Waals surface area (Å²) in [5, 5.41) is 7.18. The summed E-state index contributed by atoms with van der Waals surface area (Å²) in [6.45, 7) is 4.92. The first-order chi connectivity index (χ1) is 9.88. The number of ether oxygens (including phenoxy) is 1. The predicted molar refractivity (Wildman–Crippen MR) is 76.1 cm³/mol. The van der Waals surface area contributed by atoms with E-state index in [1.165, 1.54) is 5.56 Å². The molecule has 2 rings (SSSR count). The molecular formula is C15H21N3O2. The second-order valence-corrected chi connectivity index (χ2v) is 4.58. The van der Waals surface area contributed by atoms with Crippen molar-refractivity contribution in [3.05, 3.63) is 47.6 Å². The lowest BCUT2D eigenvalue weighted by atomic mass is 10.1. The molecule has 0 radical (unpaired) electrons. The standard InChI is InChI=1S/C15H21N3O2/c1-2-16-11-14-10-15(20-18-14)12-19-9-3-4-13-5-7-17-8-6-13/h5-8,10,16H,2-4,9,11-12H2,1H3. The van der Waals surface area contributed by atoms with Crippen LogP contribution >= 0.6 is 0 Å². The number of aromatic nitrogens is 2. The lowest BCUT2D eigenvalue weighted by molar-refractivity contribution is 0.0992. The molecule has 0 saturated heterocycles. The lowest BCUT2D eigenvalue weighted by Crippen LogP contribution is -2.11. The van der Waals surface area contributed by atoms with Crippen LogP contribution in [0, 0.1) is 0 Å². The molecule has 0 aliphatic rings. The Bertz CT molecular complexity index is 485. The highest BCUT2D eigenvalue weighted by Gasteiger charge is 2.03. The van der Waals surface area contributed by atoms with E-state index in [1.807, 2.05) is 30.6 Å². The lowest BCUT2D eigenvalue weighted by Gasteiger charge is -2.02. The molecule has 0 aromatic carbocycles. The van der Waals surface area contributed by atoms with E-state index >= 15 is 0 Å². The van der Waals surface area contributed by atoms with Crippen molar-refractivity contribution in [2.75, 3.05) is 13.2 Å². The molecule has 2 heterocycles. The van der Waals surface area contributed by atoms with E-state index in [2.05, 4.69) is 22.4 Å². The summed E-state index contributed by atoms with van der Waals surface area (Å²) >= 11 is 0. The first-order valence-corrected chi connectivity index (χ1v) is 7.00. The third-order valence-electron chi connectivity index (χ3n) is 2.91. The van der Waals surface area contributed by atoms with E-state index in [0.29, 0.717) is 13.2 Å². The first kappa shape index (κ1) is 14.7. The van der Waals surface area contributed by atoms with Gasteiger partial charge in [0.05, 0.1) is 5.69 Å². The van der Waals surface area contributed by atoms with Crippen molar-refractivity contribution >= 4 is 0 Å². The smallest absolute Gasteiger partial charge is 0.162 e. The van der Waals surface area contributed by atoms with Crippen molar-refractivity contribution in [1.29, 1.82) is 0 Å². The van der Waals surface area contributed by atoms with Crippen molar-refractivity contribution in [2.45, 2.75) is 32.9 Å². The van der Waals surface area contributed by atoms with Gasteiger partial charge in [0.2, 0.25) is 0 Å². The summed E-state index contributed by atoms with van der Waals surface area (Å²) < 4.78 is 10.8. The van der Waals surface area contributed by atoms with Crippen molar-refractivity contribution in [3.63, 3.8) is 0 Å². The molecule has 2 aromatic rings. The summed E-state index contributed by atoms with van der Waals surface area (Å²) in [6, 6.07) is 6.00. The van der Waals surface area contributed by atoms with Gasteiger partial charge >= 0.3 is 0 Å². The minimum atomic E-state index is 0.482. The first-order valence-electron chi connectivity index (χ1n) is 7.00. The van der Waals surface area contributed by atoms with E-state index in [9.17, 15) is 0 Å². The molecule has 0 fully saturated rings. The minimum Gasteiger partial charge on any atom is -0.373 e. The van der Waals surface area contributed by atoms with Gasteiger partial charge in [0, 0.05) is 31.6 Å². The average molecular weight is 275 g/mol. The highest BCUT2D eigenvalue weighted by atomic mass is 16.5. The number of hydrogen-bond donors (Lipinski definition) is 1. The Morgan fingerprint density at radius 1 is 1.30 bits per heavy atom. The van der Waals surface area contributed by atoms with Crippen LogP contribution in [0.15, 0.2) is 35.1 Å². The molecule has 0 unspecified atom stereocenters. The Labute approximate surface area is 119 Å². The maximum atomic E-state index is 5.59. The van der Waals surface area contributed by atoms with Gasteiger partial charge in [-0.2, -0.15) is 0 Å². The summed E-state index contributed by atoms with van der Waals surface area (Å²) in [4.78, 5) is 4.00. The van der Waals surface area contributed by atoms with Gasteiger partial charge in [-0.3, -0.25) is 4.98 Å². The number of aryl methyl sites for hydroxylation is 1. The summed E-state index contributed by atoms with van der Waals surface area (Å²) in [5.74, 6) is 0.779. The van der Waals surface area contributed by atoms with Crippen LogP contribution in [0.4, 0.5) is 0 Å². The van der Waals surface area contributed by atoms with Crippen LogP contribution in [0.1, 0.15) is 30.4 Å². The summed E-state index contributed by atoms with van der Waals surface area (Å²) in [5.41, 5.74) is 2.21. The molecule has 0 amide bonds. The summed E-state index contributed by atoms with van der Waals surface area (Å²) in [6.07, 6.45) is 5.63. The second-order valence-electron chi connectivity index (χ2n) is 4.58. The molecule has 0 aliphatic heterocycles. The minimum absolute atomic E-state index is 0.482. The Morgan fingerprint density at radius 3 is 2.95 bits per heavy atom. The van der Waals surface area contributed by atoms with Gasteiger partial charge in [0.15, 0.2) is 5.76 Å². The zero-order chi connectivity index (χ0) is 14.0. The SMILES string of the molecule is CCNCc1cc(COCCCc2ccncc2)on1. The van der Waals surface area contributed by atoms with Gasteiger partial charge in [0.1, 0.15) is 6.61 Å². The Hall–Kier alpha value is -1.72. The second kappa shape index (κ2) is 8.45. The molecule has 5 heteroatoms. The molecule has 0 bridgehead atoms. The van der Waals surface area contributed by atoms with Gasteiger partial charge in [-0.05, 0) is 37.1 Å². The van der Waals surface area contributed by atoms with Gasteiger partial charge in [0.25, 0.3) is 0 Å². The van der Waals surface area contributed by atoms with Gasteiger partial charge in [-0.15, -0.1) is 0 Å². The van der Waals surface area contributed by atoms with E-state index in [0.717, 1.165) is 37.4 Å². The van der Waals surface area contributed by atoms with Crippen LogP contribution in [0.5, 0.6) is 0 Å². The van der Waals surface area contributed by atoms with Crippen molar-refractivity contribution in [1.82, 2.24) is 15.5 Å². The molecule has 2 aromatic heterocycles. The molecule has 5 nitrogen and oxygen atoms in total. The average Bonchev–Trinajstić information content (AvgIpc) is 2.94. The topological polar surface area (TPSA) is 60.2 Å². The molecule has 20 heavy (non-hydrogen) atoms. The highest BCUT2D eigenvalue weighted by Crippen LogP contribution is 2.06. The van der Waals surface area contributed by atoms with Crippen molar-refractivity contribution in [3.8, 4) is 0 Å². The monoisotopic (exact) mass is 275 g/mol. The van der Waals surface area contributed by atoms with Crippen LogP contribution in [-0.4, -0.2) is 23.3 Å². The van der Waals surface area contributed by atoms with Crippen molar-refractivity contribution < 1.29 is 9.26 Å².